The van der Waals surface area contributed by atoms with E-state index in [0.717, 1.165) is 18.4 Å². The zero-order valence-electron chi connectivity index (χ0n) is 14.2. The number of aryl methyl sites for hydroxylation is 2. The van der Waals surface area contributed by atoms with Gasteiger partial charge in [0.2, 0.25) is 0 Å². The fraction of sp³-hybridized carbons (Fsp3) is 0.0909. The maximum absolute atomic E-state index is 12.9. The summed E-state index contributed by atoms with van der Waals surface area (Å²) in [4.78, 5) is 27.0. The number of fused-ring (bicyclic) bond motifs is 1. The van der Waals surface area contributed by atoms with Crippen molar-refractivity contribution in [3.05, 3.63) is 95.1 Å². The van der Waals surface area contributed by atoms with Crippen LogP contribution >= 0.6 is 0 Å². The average molecular weight is 342 g/mol. The predicted molar refractivity (Wildman–Crippen MR) is 102 cm³/mol. The van der Waals surface area contributed by atoms with Gasteiger partial charge in [-0.2, -0.15) is 0 Å². The second-order valence-electron chi connectivity index (χ2n) is 6.33. The lowest BCUT2D eigenvalue weighted by Crippen LogP contribution is -2.30. The Morgan fingerprint density at radius 3 is 2.23 bits per heavy atom. The molecule has 3 aromatic carbocycles. The van der Waals surface area contributed by atoms with Gasteiger partial charge >= 0.3 is 0 Å². The van der Waals surface area contributed by atoms with Crippen LogP contribution in [0, 0.1) is 0 Å². The zero-order valence-corrected chi connectivity index (χ0v) is 14.2. The molecule has 0 unspecified atom stereocenters. The molecule has 26 heavy (non-hydrogen) atoms. The molecule has 2 N–H and O–H groups in total. The van der Waals surface area contributed by atoms with E-state index in [0.29, 0.717) is 22.5 Å². The van der Waals surface area contributed by atoms with Crippen LogP contribution in [0.4, 0.5) is 11.4 Å². The molecule has 0 radical (unpaired) electrons. The van der Waals surface area contributed by atoms with Crippen molar-refractivity contribution >= 4 is 23.2 Å². The first-order valence-corrected chi connectivity index (χ1v) is 8.56. The molecule has 3 aromatic rings. The number of hydrogen-bond donors (Lipinski definition) is 1. The van der Waals surface area contributed by atoms with Gasteiger partial charge in [0.05, 0.1) is 16.8 Å². The number of carbonyl (C=O) groups excluding carboxylic acids is 2. The monoisotopic (exact) mass is 342 g/mol. The number of carbonyl (C=O) groups is 2. The van der Waals surface area contributed by atoms with Crippen LogP contribution in [0.3, 0.4) is 0 Å². The number of amides is 2. The number of para-hydroxylation sites is 1. The molecule has 0 spiro atoms. The summed E-state index contributed by atoms with van der Waals surface area (Å²) in [7, 11) is 0. The lowest BCUT2D eigenvalue weighted by atomic mass is 10.0. The quantitative estimate of drug-likeness (QED) is 0.578. The molecule has 4 nitrogen and oxygen atoms in total. The zero-order chi connectivity index (χ0) is 18.1. The van der Waals surface area contributed by atoms with Gasteiger partial charge in [-0.3, -0.25) is 9.59 Å². The highest BCUT2D eigenvalue weighted by Gasteiger charge is 2.38. The van der Waals surface area contributed by atoms with Gasteiger partial charge in [-0.25, -0.2) is 4.90 Å². The number of benzene rings is 3. The van der Waals surface area contributed by atoms with Crippen molar-refractivity contribution in [3.63, 3.8) is 0 Å². The Hall–Kier alpha value is -3.40. The predicted octanol–water partition coefficient (Wildman–Crippen LogP) is 3.85. The molecule has 128 valence electrons. The minimum Gasteiger partial charge on any atom is -0.398 e. The van der Waals surface area contributed by atoms with Crippen molar-refractivity contribution in [1.29, 1.82) is 0 Å². The highest BCUT2D eigenvalue weighted by molar-refractivity contribution is 6.36. The van der Waals surface area contributed by atoms with Crippen molar-refractivity contribution < 1.29 is 9.59 Å². The number of imide groups is 1. The van der Waals surface area contributed by atoms with Crippen molar-refractivity contribution in [2.24, 2.45) is 0 Å². The van der Waals surface area contributed by atoms with Crippen molar-refractivity contribution in [2.75, 3.05) is 10.6 Å². The molecule has 0 fully saturated rings. The van der Waals surface area contributed by atoms with Gasteiger partial charge in [-0.05, 0) is 42.2 Å². The molecule has 0 bridgehead atoms. The molecule has 4 rings (SSSR count). The molecule has 0 atom stereocenters. The molecular weight excluding hydrogens is 324 g/mol. The van der Waals surface area contributed by atoms with Gasteiger partial charge in [-0.15, -0.1) is 0 Å². The van der Waals surface area contributed by atoms with Crippen LogP contribution in [0.25, 0.3) is 0 Å². The smallest absolute Gasteiger partial charge is 0.268 e. The van der Waals surface area contributed by atoms with Crippen LogP contribution in [0.15, 0.2) is 72.8 Å². The first kappa shape index (κ1) is 16.1. The van der Waals surface area contributed by atoms with Gasteiger partial charge < -0.3 is 5.73 Å². The highest BCUT2D eigenvalue weighted by Crippen LogP contribution is 2.33. The number of nitrogens with zero attached hydrogens (tertiary/aromatic N) is 1. The molecule has 1 heterocycles. The maximum atomic E-state index is 12.9. The molecule has 0 aliphatic carbocycles. The summed E-state index contributed by atoms with van der Waals surface area (Å²) in [6.45, 7) is 0. The first-order valence-electron chi connectivity index (χ1n) is 8.56. The molecule has 0 saturated carbocycles. The summed E-state index contributed by atoms with van der Waals surface area (Å²) >= 11 is 0. The van der Waals surface area contributed by atoms with E-state index in [1.54, 1.807) is 18.2 Å². The number of anilines is 2. The Balaban J connectivity index is 1.68. The molecule has 2 amide bonds. The van der Waals surface area contributed by atoms with Crippen molar-refractivity contribution in [2.45, 2.75) is 12.8 Å². The van der Waals surface area contributed by atoms with E-state index in [1.807, 2.05) is 42.5 Å². The third-order valence-corrected chi connectivity index (χ3v) is 4.71. The molecule has 0 saturated heterocycles. The van der Waals surface area contributed by atoms with Gasteiger partial charge in [-0.1, -0.05) is 54.6 Å². The van der Waals surface area contributed by atoms with Crippen LogP contribution in [0.2, 0.25) is 0 Å². The van der Waals surface area contributed by atoms with Gasteiger partial charge in [0, 0.05) is 5.69 Å². The Bertz CT molecular complexity index is 996. The van der Waals surface area contributed by atoms with Crippen molar-refractivity contribution in [3.8, 4) is 0 Å². The largest absolute Gasteiger partial charge is 0.398 e. The molecule has 1 aliphatic rings. The number of hydrogen-bond acceptors (Lipinski definition) is 3. The SMILES string of the molecule is Nc1cccc2c1C(=O)N(c1ccccc1CCc1ccccc1)C2=O. The normalized spacial score (nSPS) is 13.2. The van der Waals surface area contributed by atoms with E-state index >= 15 is 0 Å². The summed E-state index contributed by atoms with van der Waals surface area (Å²) in [6.07, 6.45) is 1.58. The lowest BCUT2D eigenvalue weighted by molar-refractivity contribution is 0.0926. The Kier molecular flexibility index (Phi) is 4.01. The minimum absolute atomic E-state index is 0.301. The first-order chi connectivity index (χ1) is 12.7. The van der Waals surface area contributed by atoms with E-state index < -0.39 is 0 Å². The van der Waals surface area contributed by atoms with Gasteiger partial charge in [0.25, 0.3) is 11.8 Å². The van der Waals surface area contributed by atoms with Gasteiger partial charge in [0.15, 0.2) is 0 Å². The molecule has 1 aliphatic heterocycles. The minimum atomic E-state index is -0.352. The molecule has 0 aromatic heterocycles. The van der Waals surface area contributed by atoms with Crippen LogP contribution < -0.4 is 10.6 Å². The molecule has 4 heteroatoms. The van der Waals surface area contributed by atoms with Crippen LogP contribution in [-0.2, 0) is 12.8 Å². The summed E-state index contributed by atoms with van der Waals surface area (Å²) in [5.74, 6) is -0.667. The number of nitrogens with two attached hydrogens (primary N) is 1. The van der Waals surface area contributed by atoms with E-state index in [9.17, 15) is 9.59 Å². The third-order valence-electron chi connectivity index (χ3n) is 4.71. The Morgan fingerprint density at radius 1 is 0.731 bits per heavy atom. The van der Waals surface area contributed by atoms with Crippen LogP contribution in [0.5, 0.6) is 0 Å². The number of rotatable bonds is 4. The maximum Gasteiger partial charge on any atom is 0.268 e. The lowest BCUT2D eigenvalue weighted by Gasteiger charge is -2.18. The Morgan fingerprint density at radius 2 is 1.46 bits per heavy atom. The molecular formula is C22H18N2O2. The second-order valence-corrected chi connectivity index (χ2v) is 6.33. The summed E-state index contributed by atoms with van der Waals surface area (Å²) < 4.78 is 0. The topological polar surface area (TPSA) is 63.4 Å². The summed E-state index contributed by atoms with van der Waals surface area (Å²) in [6, 6.07) is 22.7. The van der Waals surface area contributed by atoms with E-state index in [4.69, 9.17) is 5.73 Å². The summed E-state index contributed by atoms with van der Waals surface area (Å²) in [5.41, 5.74) is 9.76. The highest BCUT2D eigenvalue weighted by atomic mass is 16.2. The third kappa shape index (κ3) is 2.65. The van der Waals surface area contributed by atoms with E-state index in [2.05, 4.69) is 12.1 Å². The van der Waals surface area contributed by atoms with Gasteiger partial charge in [0.1, 0.15) is 0 Å². The fourth-order valence-corrected chi connectivity index (χ4v) is 3.39. The van der Waals surface area contributed by atoms with Crippen molar-refractivity contribution in [1.82, 2.24) is 0 Å². The standard InChI is InChI=1S/C22H18N2O2/c23-18-11-6-10-17-20(18)22(26)24(21(17)25)19-12-5-4-9-16(19)14-13-15-7-2-1-3-8-15/h1-12H,13-14,23H2. The second kappa shape index (κ2) is 6.48. The van der Waals surface area contributed by atoms with Crippen LogP contribution in [-0.4, -0.2) is 11.8 Å². The number of nitrogen functional groups attached to an aromatic ring is 1. The van der Waals surface area contributed by atoms with E-state index in [1.165, 1.54) is 10.5 Å². The summed E-state index contributed by atoms with van der Waals surface area (Å²) in [5, 5.41) is 0. The fourth-order valence-electron chi connectivity index (χ4n) is 3.39. The average Bonchev–Trinajstić information content (AvgIpc) is 2.93. The van der Waals surface area contributed by atoms with Crippen LogP contribution in [0.1, 0.15) is 31.8 Å². The Labute approximate surface area is 151 Å². The van der Waals surface area contributed by atoms with E-state index in [-0.39, 0.29) is 11.8 Å².